The summed E-state index contributed by atoms with van der Waals surface area (Å²) in [5.74, 6) is 0.563. The number of amides is 1. The number of ether oxygens (including phenoxy) is 1. The quantitative estimate of drug-likeness (QED) is 0.719. The average molecular weight is 356 g/mol. The topological polar surface area (TPSA) is 67.0 Å². The first-order valence-corrected chi connectivity index (χ1v) is 8.20. The van der Waals surface area contributed by atoms with Crippen LogP contribution < -0.4 is 10.1 Å². The molecular formula is C19H18ClN3O2. The molecule has 1 heterocycles. The molecule has 3 aromatic rings. The molecule has 0 spiro atoms. The summed E-state index contributed by atoms with van der Waals surface area (Å²) in [7, 11) is 1.61. The summed E-state index contributed by atoms with van der Waals surface area (Å²) >= 11 is 5.90. The highest BCUT2D eigenvalue weighted by molar-refractivity contribution is 6.30. The number of hydrogen-bond donors (Lipinski definition) is 2. The molecule has 0 aliphatic heterocycles. The van der Waals surface area contributed by atoms with Crippen molar-refractivity contribution >= 4 is 17.5 Å². The van der Waals surface area contributed by atoms with Crippen LogP contribution in [0.15, 0.2) is 54.7 Å². The molecule has 1 amide bonds. The molecule has 128 valence electrons. The molecule has 0 aliphatic rings. The number of carbonyl (C=O) groups is 1. The van der Waals surface area contributed by atoms with E-state index in [-0.39, 0.29) is 11.9 Å². The molecule has 0 saturated heterocycles. The molecule has 6 heteroatoms. The Bertz CT molecular complexity index is 857. The van der Waals surface area contributed by atoms with Gasteiger partial charge in [0.2, 0.25) is 0 Å². The van der Waals surface area contributed by atoms with Crippen LogP contribution >= 0.6 is 11.6 Å². The first-order chi connectivity index (χ1) is 12.1. The van der Waals surface area contributed by atoms with Gasteiger partial charge in [0, 0.05) is 10.6 Å². The molecule has 0 fully saturated rings. The van der Waals surface area contributed by atoms with E-state index >= 15 is 0 Å². The number of aromatic nitrogens is 2. The zero-order valence-electron chi connectivity index (χ0n) is 13.9. The smallest absolute Gasteiger partial charge is 0.255 e. The van der Waals surface area contributed by atoms with Gasteiger partial charge in [-0.1, -0.05) is 23.7 Å². The lowest BCUT2D eigenvalue weighted by Crippen LogP contribution is -2.26. The number of methoxy groups -OCH3 is 1. The van der Waals surface area contributed by atoms with Crippen molar-refractivity contribution in [2.45, 2.75) is 13.0 Å². The SMILES string of the molecule is COc1ccc(-c2[nH]ncc2C(=O)NC(C)c2ccc(Cl)cc2)cc1. The first kappa shape index (κ1) is 17.0. The Morgan fingerprint density at radius 1 is 1.16 bits per heavy atom. The van der Waals surface area contributed by atoms with Gasteiger partial charge in [-0.15, -0.1) is 0 Å². The van der Waals surface area contributed by atoms with E-state index in [1.54, 1.807) is 19.2 Å². The third-order valence-corrected chi connectivity index (χ3v) is 4.23. The molecule has 5 nitrogen and oxygen atoms in total. The predicted molar refractivity (Wildman–Crippen MR) is 97.9 cm³/mol. The van der Waals surface area contributed by atoms with Crippen LogP contribution in [0.2, 0.25) is 5.02 Å². The van der Waals surface area contributed by atoms with Crippen LogP contribution in [0.1, 0.15) is 28.9 Å². The number of hydrogen-bond acceptors (Lipinski definition) is 3. The second-order valence-corrected chi connectivity index (χ2v) is 6.07. The van der Waals surface area contributed by atoms with Crippen LogP contribution in [-0.4, -0.2) is 23.2 Å². The summed E-state index contributed by atoms with van der Waals surface area (Å²) in [6.07, 6.45) is 1.53. The summed E-state index contributed by atoms with van der Waals surface area (Å²) in [5.41, 5.74) is 3.00. The number of H-pyrrole nitrogens is 1. The molecule has 0 saturated carbocycles. The largest absolute Gasteiger partial charge is 0.497 e. The van der Waals surface area contributed by atoms with E-state index in [1.807, 2.05) is 43.3 Å². The fourth-order valence-corrected chi connectivity index (χ4v) is 2.67. The van der Waals surface area contributed by atoms with Gasteiger partial charge in [-0.3, -0.25) is 9.89 Å². The second kappa shape index (κ2) is 7.40. The number of nitrogens with zero attached hydrogens (tertiary/aromatic N) is 1. The van der Waals surface area contributed by atoms with Crippen molar-refractivity contribution in [1.29, 1.82) is 0 Å². The molecule has 1 aromatic heterocycles. The minimum Gasteiger partial charge on any atom is -0.497 e. The monoisotopic (exact) mass is 355 g/mol. The van der Waals surface area contributed by atoms with Gasteiger partial charge in [0.25, 0.3) is 5.91 Å². The van der Waals surface area contributed by atoms with E-state index < -0.39 is 0 Å². The van der Waals surface area contributed by atoms with Crippen molar-refractivity contribution in [1.82, 2.24) is 15.5 Å². The van der Waals surface area contributed by atoms with Crippen molar-refractivity contribution in [3.8, 4) is 17.0 Å². The molecule has 0 radical (unpaired) electrons. The van der Waals surface area contributed by atoms with Gasteiger partial charge in [-0.05, 0) is 48.9 Å². The standard InChI is InChI=1S/C19H18ClN3O2/c1-12(13-3-7-15(20)8-4-13)22-19(24)17-11-21-23-18(17)14-5-9-16(25-2)10-6-14/h3-12H,1-2H3,(H,21,23)(H,22,24). The van der Waals surface area contributed by atoms with E-state index in [0.29, 0.717) is 16.3 Å². The molecule has 2 aromatic carbocycles. The first-order valence-electron chi connectivity index (χ1n) is 7.82. The summed E-state index contributed by atoms with van der Waals surface area (Å²) in [5, 5.41) is 10.6. The molecule has 3 rings (SSSR count). The maximum absolute atomic E-state index is 12.7. The Morgan fingerprint density at radius 2 is 1.84 bits per heavy atom. The highest BCUT2D eigenvalue weighted by atomic mass is 35.5. The number of benzene rings is 2. The van der Waals surface area contributed by atoms with Gasteiger partial charge in [0.05, 0.1) is 30.6 Å². The van der Waals surface area contributed by atoms with Crippen LogP contribution in [0, 0.1) is 0 Å². The van der Waals surface area contributed by atoms with Gasteiger partial charge < -0.3 is 10.1 Å². The molecule has 25 heavy (non-hydrogen) atoms. The molecule has 1 atom stereocenters. The van der Waals surface area contributed by atoms with Crippen LogP contribution in [-0.2, 0) is 0 Å². The number of nitrogens with one attached hydrogen (secondary N) is 2. The number of aromatic amines is 1. The third-order valence-electron chi connectivity index (χ3n) is 3.98. The predicted octanol–water partition coefficient (Wildman–Crippen LogP) is 4.23. The average Bonchev–Trinajstić information content (AvgIpc) is 3.12. The van der Waals surface area contributed by atoms with Crippen LogP contribution in [0.25, 0.3) is 11.3 Å². The Kier molecular flexibility index (Phi) is 5.05. The normalized spacial score (nSPS) is 11.8. The zero-order chi connectivity index (χ0) is 17.8. The van der Waals surface area contributed by atoms with Gasteiger partial charge >= 0.3 is 0 Å². The molecule has 0 bridgehead atoms. The number of rotatable bonds is 5. The zero-order valence-corrected chi connectivity index (χ0v) is 14.7. The van der Waals surface area contributed by atoms with Crippen molar-refractivity contribution in [2.75, 3.05) is 7.11 Å². The molecule has 0 aliphatic carbocycles. The van der Waals surface area contributed by atoms with Crippen molar-refractivity contribution in [3.05, 3.63) is 70.9 Å². The Morgan fingerprint density at radius 3 is 2.48 bits per heavy atom. The van der Waals surface area contributed by atoms with Gasteiger partial charge in [-0.25, -0.2) is 0 Å². The molecule has 2 N–H and O–H groups in total. The maximum atomic E-state index is 12.7. The minimum absolute atomic E-state index is 0.150. The summed E-state index contributed by atoms with van der Waals surface area (Å²) in [4.78, 5) is 12.7. The van der Waals surface area contributed by atoms with Crippen LogP contribution in [0.4, 0.5) is 0 Å². The highest BCUT2D eigenvalue weighted by Gasteiger charge is 2.17. The van der Waals surface area contributed by atoms with Crippen LogP contribution in [0.5, 0.6) is 5.75 Å². The van der Waals surface area contributed by atoms with Gasteiger partial charge in [0.1, 0.15) is 5.75 Å². The van der Waals surface area contributed by atoms with Gasteiger partial charge in [-0.2, -0.15) is 5.10 Å². The van der Waals surface area contributed by atoms with E-state index in [4.69, 9.17) is 16.3 Å². The number of halogens is 1. The van der Waals surface area contributed by atoms with Crippen molar-refractivity contribution in [2.24, 2.45) is 0 Å². The lowest BCUT2D eigenvalue weighted by atomic mass is 10.1. The van der Waals surface area contributed by atoms with Gasteiger partial charge in [0.15, 0.2) is 0 Å². The van der Waals surface area contributed by atoms with Crippen LogP contribution in [0.3, 0.4) is 0 Å². The number of carbonyl (C=O) groups excluding carboxylic acids is 1. The lowest BCUT2D eigenvalue weighted by molar-refractivity contribution is 0.0940. The third kappa shape index (κ3) is 3.83. The maximum Gasteiger partial charge on any atom is 0.255 e. The fourth-order valence-electron chi connectivity index (χ4n) is 2.55. The second-order valence-electron chi connectivity index (χ2n) is 5.63. The highest BCUT2D eigenvalue weighted by Crippen LogP contribution is 2.24. The Hall–Kier alpha value is -2.79. The molecule has 1 unspecified atom stereocenters. The van der Waals surface area contributed by atoms with E-state index in [0.717, 1.165) is 16.9 Å². The van der Waals surface area contributed by atoms with E-state index in [9.17, 15) is 4.79 Å². The minimum atomic E-state index is -0.193. The van der Waals surface area contributed by atoms with E-state index in [2.05, 4.69) is 15.5 Å². The van der Waals surface area contributed by atoms with Crippen molar-refractivity contribution < 1.29 is 9.53 Å². The fraction of sp³-hybridized carbons (Fsp3) is 0.158. The van der Waals surface area contributed by atoms with Crippen molar-refractivity contribution in [3.63, 3.8) is 0 Å². The summed E-state index contributed by atoms with van der Waals surface area (Å²) in [6.45, 7) is 1.92. The Labute approximate surface area is 151 Å². The molecular weight excluding hydrogens is 338 g/mol. The van der Waals surface area contributed by atoms with E-state index in [1.165, 1.54) is 6.20 Å². The summed E-state index contributed by atoms with van der Waals surface area (Å²) < 4.78 is 5.16. The summed E-state index contributed by atoms with van der Waals surface area (Å²) in [6, 6.07) is 14.7. The lowest BCUT2D eigenvalue weighted by Gasteiger charge is -2.14. The Balaban J connectivity index is 1.78.